The molecule has 3 heterocycles. The molecule has 124 valence electrons. The highest BCUT2D eigenvalue weighted by Crippen LogP contribution is 2.13. The highest BCUT2D eigenvalue weighted by Gasteiger charge is 2.22. The van der Waals surface area contributed by atoms with Crippen molar-refractivity contribution in [3.63, 3.8) is 0 Å². The van der Waals surface area contributed by atoms with Gasteiger partial charge in [0.1, 0.15) is 11.5 Å². The van der Waals surface area contributed by atoms with Gasteiger partial charge in [0.25, 0.3) is 5.91 Å². The lowest BCUT2D eigenvalue weighted by Crippen LogP contribution is -2.48. The molecule has 8 heteroatoms. The number of aromatic nitrogens is 2. The fourth-order valence-electron chi connectivity index (χ4n) is 2.75. The van der Waals surface area contributed by atoms with Crippen molar-refractivity contribution in [2.24, 2.45) is 0 Å². The molecule has 8 nitrogen and oxygen atoms in total. The maximum atomic E-state index is 12.3. The number of carbonyl (C=O) groups excluding carboxylic acids is 2. The Morgan fingerprint density at radius 2 is 2.13 bits per heavy atom. The van der Waals surface area contributed by atoms with Crippen molar-refractivity contribution in [2.45, 2.75) is 18.9 Å². The van der Waals surface area contributed by atoms with Crippen LogP contribution in [0.1, 0.15) is 23.3 Å². The molecule has 2 saturated heterocycles. The Labute approximate surface area is 134 Å². The molecule has 0 aliphatic carbocycles. The van der Waals surface area contributed by atoms with E-state index < -0.39 is 0 Å². The van der Waals surface area contributed by atoms with Crippen LogP contribution in [0, 0.1) is 0 Å². The summed E-state index contributed by atoms with van der Waals surface area (Å²) < 4.78 is 5.53. The summed E-state index contributed by atoms with van der Waals surface area (Å²) in [5.74, 6) is 0.497. The van der Waals surface area contributed by atoms with E-state index in [1.165, 1.54) is 6.20 Å². The van der Waals surface area contributed by atoms with Crippen LogP contribution in [-0.2, 0) is 9.53 Å². The molecule has 1 unspecified atom stereocenters. The van der Waals surface area contributed by atoms with E-state index in [-0.39, 0.29) is 12.0 Å². The summed E-state index contributed by atoms with van der Waals surface area (Å²) in [6.45, 7) is 3.70. The zero-order valence-electron chi connectivity index (χ0n) is 13.0. The molecule has 1 atom stereocenters. The second-order valence-corrected chi connectivity index (χ2v) is 5.74. The van der Waals surface area contributed by atoms with Crippen LogP contribution < -0.4 is 5.32 Å². The van der Waals surface area contributed by atoms with Crippen molar-refractivity contribution in [3.8, 4) is 0 Å². The fourth-order valence-corrected chi connectivity index (χ4v) is 2.75. The Bertz CT molecular complexity index is 537. The minimum atomic E-state index is -0.145. The average molecular weight is 319 g/mol. The SMILES string of the molecule is O=CN1CCN(C(=O)c2cnc(NCC3CCCO3)cn2)CC1. The number of hydrogen-bond donors (Lipinski definition) is 1. The van der Waals surface area contributed by atoms with Gasteiger partial charge in [-0.15, -0.1) is 0 Å². The molecule has 0 radical (unpaired) electrons. The number of ether oxygens (including phenoxy) is 1. The smallest absolute Gasteiger partial charge is 0.274 e. The second kappa shape index (κ2) is 7.36. The number of nitrogens with one attached hydrogen (secondary N) is 1. The minimum absolute atomic E-state index is 0.145. The topological polar surface area (TPSA) is 87.7 Å². The molecule has 2 aliphatic rings. The van der Waals surface area contributed by atoms with Gasteiger partial charge in [-0.05, 0) is 12.8 Å². The van der Waals surface area contributed by atoms with E-state index in [1.54, 1.807) is 16.0 Å². The summed E-state index contributed by atoms with van der Waals surface area (Å²) in [6.07, 6.45) is 6.27. The van der Waals surface area contributed by atoms with Gasteiger partial charge in [-0.25, -0.2) is 9.97 Å². The number of rotatable bonds is 5. The lowest BCUT2D eigenvalue weighted by molar-refractivity contribution is -0.119. The predicted molar refractivity (Wildman–Crippen MR) is 83.0 cm³/mol. The Kier molecular flexibility index (Phi) is 5.02. The average Bonchev–Trinajstić information content (AvgIpc) is 3.13. The third kappa shape index (κ3) is 3.95. The standard InChI is InChI=1S/C15H21N5O3/c21-11-19-3-5-20(6-4-19)15(22)13-9-18-14(10-16-13)17-8-12-2-1-7-23-12/h9-12H,1-8H2,(H,17,18). The van der Waals surface area contributed by atoms with Crippen LogP contribution in [0.15, 0.2) is 12.4 Å². The molecule has 0 aromatic carbocycles. The quantitative estimate of drug-likeness (QED) is 0.768. The van der Waals surface area contributed by atoms with Gasteiger partial charge in [0.15, 0.2) is 0 Å². The Hall–Kier alpha value is -2.22. The van der Waals surface area contributed by atoms with Gasteiger partial charge in [0.05, 0.1) is 18.5 Å². The first kappa shape index (κ1) is 15.7. The third-order valence-electron chi connectivity index (χ3n) is 4.16. The van der Waals surface area contributed by atoms with Crippen molar-refractivity contribution in [1.29, 1.82) is 0 Å². The van der Waals surface area contributed by atoms with E-state index >= 15 is 0 Å². The molecule has 1 aromatic rings. The van der Waals surface area contributed by atoms with E-state index in [1.807, 2.05) is 0 Å². The van der Waals surface area contributed by atoms with Crippen LogP contribution in [0.4, 0.5) is 5.82 Å². The maximum Gasteiger partial charge on any atom is 0.274 e. The lowest BCUT2D eigenvalue weighted by Gasteiger charge is -2.32. The molecular weight excluding hydrogens is 298 g/mol. The van der Waals surface area contributed by atoms with E-state index in [0.29, 0.717) is 44.2 Å². The summed E-state index contributed by atoms with van der Waals surface area (Å²) in [5, 5.41) is 3.18. The summed E-state index contributed by atoms with van der Waals surface area (Å²) >= 11 is 0. The molecule has 1 N–H and O–H groups in total. The monoisotopic (exact) mass is 319 g/mol. The van der Waals surface area contributed by atoms with Crippen LogP contribution in [0.25, 0.3) is 0 Å². The molecule has 1 aromatic heterocycles. The van der Waals surface area contributed by atoms with Crippen LogP contribution in [0.3, 0.4) is 0 Å². The Balaban J connectivity index is 1.52. The summed E-state index contributed by atoms with van der Waals surface area (Å²) in [7, 11) is 0. The van der Waals surface area contributed by atoms with Crippen molar-refractivity contribution >= 4 is 18.1 Å². The predicted octanol–water partition coefficient (Wildman–Crippen LogP) is -0.0183. The number of hydrogen-bond acceptors (Lipinski definition) is 6. The van der Waals surface area contributed by atoms with Gasteiger partial charge in [-0.3, -0.25) is 9.59 Å². The zero-order chi connectivity index (χ0) is 16.1. The van der Waals surface area contributed by atoms with Gasteiger partial charge in [-0.2, -0.15) is 0 Å². The molecule has 0 saturated carbocycles. The van der Waals surface area contributed by atoms with Crippen LogP contribution in [0.5, 0.6) is 0 Å². The van der Waals surface area contributed by atoms with Crippen molar-refractivity contribution in [3.05, 3.63) is 18.1 Å². The van der Waals surface area contributed by atoms with Crippen molar-refractivity contribution < 1.29 is 14.3 Å². The van der Waals surface area contributed by atoms with Crippen molar-refractivity contribution in [1.82, 2.24) is 19.8 Å². The maximum absolute atomic E-state index is 12.3. The summed E-state index contributed by atoms with van der Waals surface area (Å²) in [5.41, 5.74) is 0.326. The van der Waals surface area contributed by atoms with Gasteiger partial charge in [0.2, 0.25) is 6.41 Å². The first-order chi connectivity index (χ1) is 11.3. The largest absolute Gasteiger partial charge is 0.376 e. The number of carbonyl (C=O) groups is 2. The van der Waals surface area contributed by atoms with Gasteiger partial charge in [-0.1, -0.05) is 0 Å². The van der Waals surface area contributed by atoms with E-state index in [0.717, 1.165) is 25.9 Å². The third-order valence-corrected chi connectivity index (χ3v) is 4.16. The fraction of sp³-hybridized carbons (Fsp3) is 0.600. The van der Waals surface area contributed by atoms with E-state index in [4.69, 9.17) is 4.74 Å². The lowest BCUT2D eigenvalue weighted by atomic mass is 10.2. The van der Waals surface area contributed by atoms with Gasteiger partial charge < -0.3 is 19.9 Å². The molecule has 2 fully saturated rings. The second-order valence-electron chi connectivity index (χ2n) is 5.74. The molecule has 2 aliphatic heterocycles. The van der Waals surface area contributed by atoms with Crippen LogP contribution in [0.2, 0.25) is 0 Å². The Morgan fingerprint density at radius 1 is 1.30 bits per heavy atom. The zero-order valence-corrected chi connectivity index (χ0v) is 13.0. The number of anilines is 1. The van der Waals surface area contributed by atoms with Crippen LogP contribution >= 0.6 is 0 Å². The first-order valence-corrected chi connectivity index (χ1v) is 7.92. The molecule has 2 amide bonds. The molecule has 0 bridgehead atoms. The summed E-state index contributed by atoms with van der Waals surface area (Å²) in [4.78, 5) is 34.8. The number of nitrogens with zero attached hydrogens (tertiary/aromatic N) is 4. The highest BCUT2D eigenvalue weighted by molar-refractivity contribution is 5.92. The molecule has 0 spiro atoms. The normalized spacial score (nSPS) is 21.3. The number of amides is 2. The van der Waals surface area contributed by atoms with Crippen LogP contribution in [-0.4, -0.2) is 77.5 Å². The number of piperazine rings is 1. The molecule has 3 rings (SSSR count). The van der Waals surface area contributed by atoms with Gasteiger partial charge >= 0.3 is 0 Å². The van der Waals surface area contributed by atoms with E-state index in [2.05, 4.69) is 15.3 Å². The molecular formula is C15H21N5O3. The van der Waals surface area contributed by atoms with E-state index in [9.17, 15) is 9.59 Å². The molecule has 23 heavy (non-hydrogen) atoms. The van der Waals surface area contributed by atoms with Gasteiger partial charge in [0, 0.05) is 39.3 Å². The first-order valence-electron chi connectivity index (χ1n) is 7.92. The highest BCUT2D eigenvalue weighted by atomic mass is 16.5. The Morgan fingerprint density at radius 3 is 2.74 bits per heavy atom. The van der Waals surface area contributed by atoms with Crippen molar-refractivity contribution in [2.75, 3.05) is 44.6 Å². The summed E-state index contributed by atoms with van der Waals surface area (Å²) in [6, 6.07) is 0. The minimum Gasteiger partial charge on any atom is -0.376 e.